The molecular weight excluding hydrogens is 292 g/mol. The van der Waals surface area contributed by atoms with E-state index >= 15 is 0 Å². The molecule has 0 saturated carbocycles. The van der Waals surface area contributed by atoms with Gasteiger partial charge in [0.15, 0.2) is 0 Å². The molecule has 1 aromatic carbocycles. The predicted octanol–water partition coefficient (Wildman–Crippen LogP) is 2.81. The second-order valence-corrected chi connectivity index (χ2v) is 6.62. The molecule has 1 N–H and O–H groups in total. The predicted molar refractivity (Wildman–Crippen MR) is 92.5 cm³/mol. The highest BCUT2D eigenvalue weighted by atomic mass is 16.5. The maximum atomic E-state index is 12.0. The van der Waals surface area contributed by atoms with Crippen LogP contribution < -0.4 is 5.32 Å². The summed E-state index contributed by atoms with van der Waals surface area (Å²) < 4.78 is 4.97. The molecule has 5 heteroatoms. The number of carbonyl (C=O) groups excluding carboxylic acids is 2. The average molecular weight is 320 g/mol. The Morgan fingerprint density at radius 2 is 1.74 bits per heavy atom. The summed E-state index contributed by atoms with van der Waals surface area (Å²) in [6.45, 7) is 9.31. The molecule has 0 spiro atoms. The van der Waals surface area contributed by atoms with Crippen molar-refractivity contribution in [1.29, 1.82) is 0 Å². The second-order valence-electron chi connectivity index (χ2n) is 6.62. The number of nitrogens with one attached hydrogen (secondary N) is 1. The third-order valence-corrected chi connectivity index (χ3v) is 3.65. The molecule has 0 fully saturated rings. The Morgan fingerprint density at radius 1 is 1.13 bits per heavy atom. The lowest BCUT2D eigenvalue weighted by atomic mass is 9.87. The van der Waals surface area contributed by atoms with Gasteiger partial charge in [-0.3, -0.25) is 9.59 Å². The van der Waals surface area contributed by atoms with Gasteiger partial charge < -0.3 is 15.0 Å². The summed E-state index contributed by atoms with van der Waals surface area (Å²) in [7, 11) is 1.59. The fourth-order valence-electron chi connectivity index (χ4n) is 2.14. The minimum atomic E-state index is -0.0998. The fraction of sp³-hybridized carbons (Fsp3) is 0.556. The zero-order valence-electron chi connectivity index (χ0n) is 14.8. The highest BCUT2D eigenvalue weighted by molar-refractivity contribution is 5.91. The van der Waals surface area contributed by atoms with Crippen LogP contribution in [-0.2, 0) is 19.7 Å². The van der Waals surface area contributed by atoms with Gasteiger partial charge in [0.05, 0.1) is 6.61 Å². The summed E-state index contributed by atoms with van der Waals surface area (Å²) in [5.74, 6) is -0.151. The van der Waals surface area contributed by atoms with Gasteiger partial charge in [-0.25, -0.2) is 0 Å². The number of benzene rings is 1. The van der Waals surface area contributed by atoms with Crippen molar-refractivity contribution in [2.75, 3.05) is 32.1 Å². The highest BCUT2D eigenvalue weighted by Gasteiger charge is 2.14. The van der Waals surface area contributed by atoms with Gasteiger partial charge in [0.1, 0.15) is 0 Å². The first kappa shape index (κ1) is 19.2. The van der Waals surface area contributed by atoms with E-state index in [0.29, 0.717) is 19.7 Å². The van der Waals surface area contributed by atoms with Gasteiger partial charge in [0.2, 0.25) is 11.8 Å². The van der Waals surface area contributed by atoms with Crippen LogP contribution in [0.4, 0.5) is 5.69 Å². The molecule has 0 aromatic heterocycles. The van der Waals surface area contributed by atoms with Gasteiger partial charge in [0, 0.05) is 39.2 Å². The summed E-state index contributed by atoms with van der Waals surface area (Å²) in [6, 6.07) is 7.87. The maximum Gasteiger partial charge on any atom is 0.226 e. The van der Waals surface area contributed by atoms with Crippen LogP contribution in [0.1, 0.15) is 39.7 Å². The van der Waals surface area contributed by atoms with Crippen molar-refractivity contribution in [2.24, 2.45) is 0 Å². The summed E-state index contributed by atoms with van der Waals surface area (Å²) in [6.07, 6.45) is 0.268. The fourth-order valence-corrected chi connectivity index (χ4v) is 2.14. The minimum Gasteiger partial charge on any atom is -0.383 e. The molecule has 0 atom stereocenters. The average Bonchev–Trinajstić information content (AvgIpc) is 2.46. The molecule has 0 bridgehead atoms. The number of methoxy groups -OCH3 is 1. The quantitative estimate of drug-likeness (QED) is 0.840. The van der Waals surface area contributed by atoms with Crippen molar-refractivity contribution in [3.05, 3.63) is 29.8 Å². The molecular formula is C18H28N2O3. The van der Waals surface area contributed by atoms with Crippen LogP contribution in [0, 0.1) is 0 Å². The molecule has 0 aliphatic heterocycles. The van der Waals surface area contributed by atoms with Gasteiger partial charge in [-0.1, -0.05) is 32.9 Å². The van der Waals surface area contributed by atoms with Gasteiger partial charge in [-0.05, 0) is 23.1 Å². The Hall–Kier alpha value is -1.88. The summed E-state index contributed by atoms with van der Waals surface area (Å²) in [5, 5.41) is 2.86. The molecule has 0 aliphatic carbocycles. The molecule has 23 heavy (non-hydrogen) atoms. The highest BCUT2D eigenvalue weighted by Crippen LogP contribution is 2.23. The number of carbonyl (C=O) groups is 2. The van der Waals surface area contributed by atoms with Gasteiger partial charge in [-0.15, -0.1) is 0 Å². The first-order valence-electron chi connectivity index (χ1n) is 7.89. The van der Waals surface area contributed by atoms with E-state index in [4.69, 9.17) is 4.74 Å². The molecule has 0 aliphatic rings. The van der Waals surface area contributed by atoms with Crippen molar-refractivity contribution < 1.29 is 14.3 Å². The van der Waals surface area contributed by atoms with E-state index in [1.54, 1.807) is 12.0 Å². The van der Waals surface area contributed by atoms with Crippen LogP contribution in [0.25, 0.3) is 0 Å². The Bertz CT molecular complexity index is 518. The van der Waals surface area contributed by atoms with Crippen LogP contribution in [0.5, 0.6) is 0 Å². The van der Waals surface area contributed by atoms with Crippen molar-refractivity contribution >= 4 is 17.5 Å². The lowest BCUT2D eigenvalue weighted by molar-refractivity contribution is -0.130. The van der Waals surface area contributed by atoms with E-state index in [-0.39, 0.29) is 23.7 Å². The van der Waals surface area contributed by atoms with Crippen LogP contribution >= 0.6 is 0 Å². The van der Waals surface area contributed by atoms with Crippen LogP contribution in [-0.4, -0.2) is 43.5 Å². The molecule has 1 rings (SSSR count). The zero-order chi connectivity index (χ0) is 17.5. The van der Waals surface area contributed by atoms with Crippen molar-refractivity contribution in [3.8, 4) is 0 Å². The van der Waals surface area contributed by atoms with E-state index in [1.807, 2.05) is 24.3 Å². The van der Waals surface area contributed by atoms with Crippen LogP contribution in [0.15, 0.2) is 24.3 Å². The van der Waals surface area contributed by atoms with Crippen LogP contribution in [0.3, 0.4) is 0 Å². The van der Waals surface area contributed by atoms with E-state index in [2.05, 4.69) is 26.1 Å². The van der Waals surface area contributed by atoms with Gasteiger partial charge in [0.25, 0.3) is 0 Å². The van der Waals surface area contributed by atoms with Crippen LogP contribution in [0.2, 0.25) is 0 Å². The molecule has 5 nitrogen and oxygen atoms in total. The number of hydrogen-bond donors (Lipinski definition) is 1. The summed E-state index contributed by atoms with van der Waals surface area (Å²) in [5.41, 5.74) is 2.08. The number of amides is 2. The minimum absolute atomic E-state index is 0.0515. The normalized spacial score (nSPS) is 11.2. The topological polar surface area (TPSA) is 58.6 Å². The Morgan fingerprint density at radius 3 is 2.22 bits per heavy atom. The van der Waals surface area contributed by atoms with Gasteiger partial charge in [-0.2, -0.15) is 0 Å². The smallest absolute Gasteiger partial charge is 0.226 e. The van der Waals surface area contributed by atoms with Crippen molar-refractivity contribution in [2.45, 2.75) is 39.5 Å². The first-order chi connectivity index (χ1) is 10.7. The molecule has 0 heterocycles. The monoisotopic (exact) mass is 320 g/mol. The molecule has 2 amide bonds. The molecule has 0 radical (unpaired) electrons. The SMILES string of the molecule is COCCN(CCC(=O)Nc1ccc(C(C)(C)C)cc1)C(C)=O. The third-order valence-electron chi connectivity index (χ3n) is 3.65. The lowest BCUT2D eigenvalue weighted by Gasteiger charge is -2.20. The van der Waals surface area contributed by atoms with E-state index in [0.717, 1.165) is 5.69 Å². The number of rotatable bonds is 7. The lowest BCUT2D eigenvalue weighted by Crippen LogP contribution is -2.34. The van der Waals surface area contributed by atoms with E-state index in [1.165, 1.54) is 12.5 Å². The number of ether oxygens (including phenoxy) is 1. The first-order valence-corrected chi connectivity index (χ1v) is 7.89. The number of anilines is 1. The molecule has 1 aromatic rings. The number of nitrogens with zero attached hydrogens (tertiary/aromatic N) is 1. The summed E-state index contributed by atoms with van der Waals surface area (Å²) in [4.78, 5) is 25.1. The molecule has 0 saturated heterocycles. The Kier molecular flexibility index (Phi) is 7.23. The second kappa shape index (κ2) is 8.67. The van der Waals surface area contributed by atoms with Gasteiger partial charge >= 0.3 is 0 Å². The number of hydrogen-bond acceptors (Lipinski definition) is 3. The zero-order valence-corrected chi connectivity index (χ0v) is 14.8. The largest absolute Gasteiger partial charge is 0.383 e. The van der Waals surface area contributed by atoms with E-state index < -0.39 is 0 Å². The molecule has 0 unspecified atom stereocenters. The standard InChI is InChI=1S/C18H28N2O3/c1-14(21)20(12-13-23-5)11-10-17(22)19-16-8-6-15(7-9-16)18(2,3)4/h6-9H,10-13H2,1-5H3,(H,19,22). The Balaban J connectivity index is 2.51. The summed E-state index contributed by atoms with van der Waals surface area (Å²) >= 11 is 0. The molecule has 128 valence electrons. The van der Waals surface area contributed by atoms with Crippen molar-refractivity contribution in [3.63, 3.8) is 0 Å². The van der Waals surface area contributed by atoms with E-state index in [9.17, 15) is 9.59 Å². The van der Waals surface area contributed by atoms with Crippen molar-refractivity contribution in [1.82, 2.24) is 4.90 Å². The third kappa shape index (κ3) is 6.82. The Labute approximate surface area is 139 Å². The maximum absolute atomic E-state index is 12.0.